The van der Waals surface area contributed by atoms with Crippen molar-refractivity contribution in [3.8, 4) is 0 Å². The molecule has 3 rings (SSSR count). The number of hydrogen-bond donors (Lipinski definition) is 0. The number of piperidine rings is 1. The standard InChI is InChI=1S/C18H24F2N2O/c1-2-7-21-8-3-5-18(17(21)23)6-4-9-22(18)13-14-10-15(19)12-16(20)11-14/h10-12H,2-9,13H2,1H3. The Morgan fingerprint density at radius 1 is 1.09 bits per heavy atom. The van der Waals surface area contributed by atoms with E-state index in [1.165, 1.54) is 12.1 Å². The zero-order chi connectivity index (χ0) is 16.4. The molecular weight excluding hydrogens is 298 g/mol. The Morgan fingerprint density at radius 3 is 2.39 bits per heavy atom. The number of benzene rings is 1. The van der Waals surface area contributed by atoms with Gasteiger partial charge in [0.1, 0.15) is 17.2 Å². The van der Waals surface area contributed by atoms with Crippen molar-refractivity contribution < 1.29 is 13.6 Å². The summed E-state index contributed by atoms with van der Waals surface area (Å²) in [6.45, 7) is 4.95. The minimum absolute atomic E-state index is 0.208. The minimum Gasteiger partial charge on any atom is -0.341 e. The monoisotopic (exact) mass is 322 g/mol. The highest BCUT2D eigenvalue weighted by Gasteiger charge is 2.50. The van der Waals surface area contributed by atoms with E-state index in [0.717, 1.165) is 57.8 Å². The Morgan fingerprint density at radius 2 is 1.74 bits per heavy atom. The molecule has 2 aliphatic rings. The second kappa shape index (κ2) is 6.56. The van der Waals surface area contributed by atoms with Gasteiger partial charge in [0.2, 0.25) is 5.91 Å². The van der Waals surface area contributed by atoms with E-state index in [0.29, 0.717) is 12.1 Å². The Hall–Kier alpha value is -1.49. The van der Waals surface area contributed by atoms with Crippen molar-refractivity contribution in [2.45, 2.75) is 51.1 Å². The largest absolute Gasteiger partial charge is 0.341 e. The maximum absolute atomic E-state index is 13.4. The van der Waals surface area contributed by atoms with Crippen LogP contribution in [0.4, 0.5) is 8.78 Å². The number of nitrogens with zero attached hydrogens (tertiary/aromatic N) is 2. The first-order valence-corrected chi connectivity index (χ1v) is 8.54. The minimum atomic E-state index is -0.559. The van der Waals surface area contributed by atoms with E-state index in [4.69, 9.17) is 0 Å². The summed E-state index contributed by atoms with van der Waals surface area (Å²) < 4.78 is 26.9. The zero-order valence-corrected chi connectivity index (χ0v) is 13.7. The molecule has 2 heterocycles. The third kappa shape index (κ3) is 3.11. The zero-order valence-electron chi connectivity index (χ0n) is 13.7. The lowest BCUT2D eigenvalue weighted by molar-refractivity contribution is -0.147. The van der Waals surface area contributed by atoms with Crippen LogP contribution >= 0.6 is 0 Å². The molecule has 1 spiro atoms. The summed E-state index contributed by atoms with van der Waals surface area (Å²) in [4.78, 5) is 17.1. The van der Waals surface area contributed by atoms with Gasteiger partial charge < -0.3 is 4.90 Å². The van der Waals surface area contributed by atoms with Crippen molar-refractivity contribution in [1.29, 1.82) is 0 Å². The Labute approximate surface area is 136 Å². The summed E-state index contributed by atoms with van der Waals surface area (Å²) in [6.07, 6.45) is 4.62. The molecule has 0 saturated carbocycles. The first-order valence-electron chi connectivity index (χ1n) is 8.54. The lowest BCUT2D eigenvalue weighted by Gasteiger charge is -2.44. The van der Waals surface area contributed by atoms with Gasteiger partial charge in [-0.25, -0.2) is 8.78 Å². The Kier molecular flexibility index (Phi) is 4.67. The molecule has 126 valence electrons. The van der Waals surface area contributed by atoms with Crippen LogP contribution in [0.25, 0.3) is 0 Å². The van der Waals surface area contributed by atoms with Crippen molar-refractivity contribution in [2.24, 2.45) is 0 Å². The molecule has 1 aromatic carbocycles. The molecule has 2 saturated heterocycles. The SMILES string of the molecule is CCCN1CCCC2(CCCN2Cc2cc(F)cc(F)c2)C1=O. The second-order valence-electron chi connectivity index (χ2n) is 6.73. The van der Waals surface area contributed by atoms with Crippen molar-refractivity contribution in [3.63, 3.8) is 0 Å². The van der Waals surface area contributed by atoms with E-state index in [2.05, 4.69) is 11.8 Å². The van der Waals surface area contributed by atoms with Gasteiger partial charge in [-0.15, -0.1) is 0 Å². The molecule has 0 aromatic heterocycles. The maximum atomic E-state index is 13.4. The van der Waals surface area contributed by atoms with Crippen LogP contribution < -0.4 is 0 Å². The van der Waals surface area contributed by atoms with E-state index in [-0.39, 0.29) is 5.91 Å². The molecule has 1 atom stereocenters. The fourth-order valence-electron chi connectivity index (χ4n) is 4.16. The van der Waals surface area contributed by atoms with Gasteiger partial charge in [0.05, 0.1) is 0 Å². The average Bonchev–Trinajstić information content (AvgIpc) is 2.87. The molecule has 3 nitrogen and oxygen atoms in total. The number of carbonyl (C=O) groups is 1. The fourth-order valence-corrected chi connectivity index (χ4v) is 4.16. The number of carbonyl (C=O) groups excluding carboxylic acids is 1. The molecule has 0 N–H and O–H groups in total. The van der Waals surface area contributed by atoms with Crippen molar-refractivity contribution >= 4 is 5.91 Å². The number of hydrogen-bond acceptors (Lipinski definition) is 2. The number of likely N-dealkylation sites (tertiary alicyclic amines) is 2. The van der Waals surface area contributed by atoms with Crippen LogP contribution in [-0.2, 0) is 11.3 Å². The summed E-state index contributed by atoms with van der Waals surface area (Å²) in [6, 6.07) is 3.62. The van der Waals surface area contributed by atoms with Crippen LogP contribution in [0.15, 0.2) is 18.2 Å². The van der Waals surface area contributed by atoms with E-state index < -0.39 is 17.2 Å². The van der Waals surface area contributed by atoms with Gasteiger partial charge in [-0.3, -0.25) is 9.69 Å². The van der Waals surface area contributed by atoms with Gasteiger partial charge in [0.25, 0.3) is 0 Å². The molecule has 2 fully saturated rings. The van der Waals surface area contributed by atoms with Gasteiger partial charge in [0.15, 0.2) is 0 Å². The summed E-state index contributed by atoms with van der Waals surface area (Å²) in [7, 11) is 0. The summed E-state index contributed by atoms with van der Waals surface area (Å²) in [5.41, 5.74) is 0.139. The van der Waals surface area contributed by atoms with Gasteiger partial charge in [-0.05, 0) is 56.3 Å². The van der Waals surface area contributed by atoms with Crippen molar-refractivity contribution in [1.82, 2.24) is 9.80 Å². The molecule has 1 unspecified atom stereocenters. The van der Waals surface area contributed by atoms with Gasteiger partial charge in [-0.2, -0.15) is 0 Å². The van der Waals surface area contributed by atoms with Crippen LogP contribution in [0.3, 0.4) is 0 Å². The molecule has 0 radical (unpaired) electrons. The quantitative estimate of drug-likeness (QED) is 0.849. The predicted molar refractivity (Wildman–Crippen MR) is 84.8 cm³/mol. The second-order valence-corrected chi connectivity index (χ2v) is 6.73. The summed E-state index contributed by atoms with van der Waals surface area (Å²) in [5, 5.41) is 0. The molecule has 5 heteroatoms. The smallest absolute Gasteiger partial charge is 0.243 e. The van der Waals surface area contributed by atoms with E-state index in [9.17, 15) is 13.6 Å². The first-order chi connectivity index (χ1) is 11.0. The normalized spacial score (nSPS) is 25.5. The van der Waals surface area contributed by atoms with Crippen molar-refractivity contribution in [2.75, 3.05) is 19.6 Å². The lowest BCUT2D eigenvalue weighted by atomic mass is 9.85. The van der Waals surface area contributed by atoms with Crippen LogP contribution in [-0.4, -0.2) is 40.9 Å². The lowest BCUT2D eigenvalue weighted by Crippen LogP contribution is -2.59. The first kappa shape index (κ1) is 16.4. The fraction of sp³-hybridized carbons (Fsp3) is 0.611. The summed E-state index contributed by atoms with van der Waals surface area (Å²) in [5.74, 6) is -0.911. The highest BCUT2D eigenvalue weighted by Crippen LogP contribution is 2.39. The maximum Gasteiger partial charge on any atom is 0.243 e. The molecular formula is C18H24F2N2O. The number of rotatable bonds is 4. The molecule has 1 aromatic rings. The highest BCUT2D eigenvalue weighted by atomic mass is 19.1. The number of halogens is 2. The Balaban J connectivity index is 1.82. The Bertz CT molecular complexity index is 570. The molecule has 0 bridgehead atoms. The third-order valence-electron chi connectivity index (χ3n) is 5.12. The van der Waals surface area contributed by atoms with Gasteiger partial charge >= 0.3 is 0 Å². The molecule has 2 aliphatic heterocycles. The third-order valence-corrected chi connectivity index (χ3v) is 5.12. The molecule has 0 aliphatic carbocycles. The molecule has 1 amide bonds. The van der Waals surface area contributed by atoms with E-state index >= 15 is 0 Å². The van der Waals surface area contributed by atoms with Gasteiger partial charge in [-0.1, -0.05) is 6.92 Å². The van der Waals surface area contributed by atoms with Crippen LogP contribution in [0.5, 0.6) is 0 Å². The van der Waals surface area contributed by atoms with Gasteiger partial charge in [0, 0.05) is 25.7 Å². The van der Waals surface area contributed by atoms with E-state index in [1.807, 2.05) is 4.90 Å². The number of amides is 1. The topological polar surface area (TPSA) is 23.6 Å². The van der Waals surface area contributed by atoms with Crippen molar-refractivity contribution in [3.05, 3.63) is 35.4 Å². The highest BCUT2D eigenvalue weighted by molar-refractivity contribution is 5.87. The predicted octanol–water partition coefficient (Wildman–Crippen LogP) is 3.33. The summed E-state index contributed by atoms with van der Waals surface area (Å²) >= 11 is 0. The van der Waals surface area contributed by atoms with Crippen LogP contribution in [0.2, 0.25) is 0 Å². The van der Waals surface area contributed by atoms with Crippen LogP contribution in [0, 0.1) is 11.6 Å². The average molecular weight is 322 g/mol. The molecule has 23 heavy (non-hydrogen) atoms. The van der Waals surface area contributed by atoms with E-state index in [1.54, 1.807) is 0 Å². The van der Waals surface area contributed by atoms with Crippen LogP contribution in [0.1, 0.15) is 44.6 Å².